The first-order chi connectivity index (χ1) is 7.02. The Morgan fingerprint density at radius 2 is 2.00 bits per heavy atom. The van der Waals surface area contributed by atoms with Crippen LogP contribution in [-0.2, 0) is 4.74 Å². The Labute approximate surface area is 93.2 Å². The molecule has 1 saturated carbocycles. The maximum Gasteiger partial charge on any atom is 0.0948 e. The van der Waals surface area contributed by atoms with E-state index in [0.717, 1.165) is 5.92 Å². The number of rotatable bonds is 2. The van der Waals surface area contributed by atoms with E-state index >= 15 is 0 Å². The molecule has 2 aliphatic rings. The van der Waals surface area contributed by atoms with Gasteiger partial charge < -0.3 is 4.74 Å². The van der Waals surface area contributed by atoms with E-state index in [1.54, 1.807) is 0 Å². The van der Waals surface area contributed by atoms with Gasteiger partial charge in [0.25, 0.3) is 0 Å². The van der Waals surface area contributed by atoms with E-state index in [2.05, 4.69) is 45.1 Å². The van der Waals surface area contributed by atoms with E-state index < -0.39 is 0 Å². The maximum atomic E-state index is 6.19. The highest BCUT2D eigenvalue weighted by molar-refractivity contribution is 5.25. The van der Waals surface area contributed by atoms with Crippen LogP contribution in [0.1, 0.15) is 40.5 Å². The standard InChI is InChI=1S/C14H22O/c1-5-6-7-8-14-12(9-11(2)15-14)10-13(14,3)4/h5-8,11-12H,9-10H2,1-4H3/b6-5+,8-7+/t11-,12-,14+/m0/s1. The lowest BCUT2D eigenvalue weighted by atomic mass is 9.52. The monoisotopic (exact) mass is 206 g/mol. The van der Waals surface area contributed by atoms with Gasteiger partial charge in [0.1, 0.15) is 0 Å². The lowest BCUT2D eigenvalue weighted by Gasteiger charge is -2.56. The molecule has 2 fully saturated rings. The molecule has 3 atom stereocenters. The molecule has 0 unspecified atom stereocenters. The maximum absolute atomic E-state index is 6.19. The summed E-state index contributed by atoms with van der Waals surface area (Å²) in [5.74, 6) is 0.740. The topological polar surface area (TPSA) is 9.23 Å². The van der Waals surface area contributed by atoms with Crippen LogP contribution in [0.3, 0.4) is 0 Å². The average molecular weight is 206 g/mol. The predicted octanol–water partition coefficient (Wildman–Crippen LogP) is 3.71. The smallest absolute Gasteiger partial charge is 0.0948 e. The van der Waals surface area contributed by atoms with E-state index in [-0.39, 0.29) is 5.60 Å². The minimum absolute atomic E-state index is 0.0198. The molecule has 1 heterocycles. The fraction of sp³-hybridized carbons (Fsp3) is 0.714. The quantitative estimate of drug-likeness (QED) is 0.626. The van der Waals surface area contributed by atoms with Crippen LogP contribution in [0, 0.1) is 11.3 Å². The van der Waals surface area contributed by atoms with E-state index in [4.69, 9.17) is 4.74 Å². The molecule has 1 heteroatoms. The van der Waals surface area contributed by atoms with Crippen LogP contribution in [-0.4, -0.2) is 11.7 Å². The molecule has 1 aliphatic carbocycles. The minimum atomic E-state index is 0.0198. The van der Waals surface area contributed by atoms with Crippen molar-refractivity contribution in [2.45, 2.75) is 52.2 Å². The van der Waals surface area contributed by atoms with Crippen molar-refractivity contribution in [3.63, 3.8) is 0 Å². The summed E-state index contributed by atoms with van der Waals surface area (Å²) in [6, 6.07) is 0. The molecule has 0 bridgehead atoms. The second-order valence-electron chi connectivity index (χ2n) is 5.63. The summed E-state index contributed by atoms with van der Waals surface area (Å²) in [6.07, 6.45) is 11.5. The third kappa shape index (κ3) is 1.48. The Balaban J connectivity index is 2.22. The number of fused-ring (bicyclic) bond motifs is 1. The largest absolute Gasteiger partial charge is 0.367 e. The summed E-state index contributed by atoms with van der Waals surface area (Å²) in [4.78, 5) is 0. The Hall–Kier alpha value is -0.560. The van der Waals surface area contributed by atoms with Crippen molar-refractivity contribution in [1.29, 1.82) is 0 Å². The van der Waals surface area contributed by atoms with Gasteiger partial charge in [-0.05, 0) is 38.0 Å². The van der Waals surface area contributed by atoms with Gasteiger partial charge in [-0.2, -0.15) is 0 Å². The zero-order valence-electron chi connectivity index (χ0n) is 10.3. The van der Waals surface area contributed by atoms with Crippen molar-refractivity contribution < 1.29 is 4.74 Å². The second-order valence-corrected chi connectivity index (χ2v) is 5.63. The zero-order chi connectivity index (χ0) is 11.1. The highest BCUT2D eigenvalue weighted by atomic mass is 16.5. The summed E-state index contributed by atoms with van der Waals surface area (Å²) >= 11 is 0. The SMILES string of the molecule is C/C=C/C=C/[C@@]12O[C@@H](C)C[C@H]1CC2(C)C. The van der Waals surface area contributed by atoms with Crippen LogP contribution >= 0.6 is 0 Å². The Kier molecular flexibility index (Phi) is 2.54. The van der Waals surface area contributed by atoms with Gasteiger partial charge >= 0.3 is 0 Å². The van der Waals surface area contributed by atoms with Gasteiger partial charge in [-0.1, -0.05) is 38.2 Å². The molecule has 1 saturated heterocycles. The fourth-order valence-electron chi connectivity index (χ4n) is 3.36. The molecular formula is C14H22O. The van der Waals surface area contributed by atoms with Gasteiger partial charge in [-0.25, -0.2) is 0 Å². The van der Waals surface area contributed by atoms with Crippen LogP contribution in [0.2, 0.25) is 0 Å². The van der Waals surface area contributed by atoms with Crippen molar-refractivity contribution in [3.8, 4) is 0 Å². The molecule has 0 spiro atoms. The highest BCUT2D eigenvalue weighted by Gasteiger charge is 2.63. The molecule has 0 aromatic heterocycles. The van der Waals surface area contributed by atoms with E-state index in [1.165, 1.54) is 12.8 Å². The average Bonchev–Trinajstić information content (AvgIpc) is 2.40. The Bertz CT molecular complexity index is 300. The minimum Gasteiger partial charge on any atom is -0.367 e. The molecule has 0 aromatic rings. The first-order valence-corrected chi connectivity index (χ1v) is 6.00. The van der Waals surface area contributed by atoms with Crippen LogP contribution in [0.25, 0.3) is 0 Å². The van der Waals surface area contributed by atoms with Crippen LogP contribution in [0.5, 0.6) is 0 Å². The molecule has 2 rings (SSSR count). The molecule has 0 aromatic carbocycles. The van der Waals surface area contributed by atoms with Crippen molar-refractivity contribution in [2.24, 2.45) is 11.3 Å². The fourth-order valence-corrected chi connectivity index (χ4v) is 3.36. The molecule has 15 heavy (non-hydrogen) atoms. The number of ether oxygens (including phenoxy) is 1. The third-order valence-electron chi connectivity index (χ3n) is 4.08. The van der Waals surface area contributed by atoms with Crippen LogP contribution in [0.4, 0.5) is 0 Å². The van der Waals surface area contributed by atoms with Crippen LogP contribution < -0.4 is 0 Å². The Morgan fingerprint density at radius 1 is 1.27 bits per heavy atom. The van der Waals surface area contributed by atoms with Gasteiger partial charge in [0, 0.05) is 0 Å². The molecular weight excluding hydrogens is 184 g/mol. The number of hydrogen-bond acceptors (Lipinski definition) is 1. The van der Waals surface area contributed by atoms with Gasteiger partial charge in [0.2, 0.25) is 0 Å². The summed E-state index contributed by atoms with van der Waals surface area (Å²) < 4.78 is 6.19. The molecule has 0 radical (unpaired) electrons. The van der Waals surface area contributed by atoms with E-state index in [1.807, 2.05) is 6.92 Å². The first-order valence-electron chi connectivity index (χ1n) is 6.00. The van der Waals surface area contributed by atoms with Gasteiger partial charge in [-0.3, -0.25) is 0 Å². The molecule has 1 nitrogen and oxygen atoms in total. The van der Waals surface area contributed by atoms with Crippen molar-refractivity contribution in [2.75, 3.05) is 0 Å². The predicted molar refractivity (Wildman–Crippen MR) is 63.7 cm³/mol. The third-order valence-corrected chi connectivity index (χ3v) is 4.08. The van der Waals surface area contributed by atoms with Gasteiger partial charge in [0.05, 0.1) is 11.7 Å². The van der Waals surface area contributed by atoms with Crippen molar-refractivity contribution in [3.05, 3.63) is 24.3 Å². The summed E-state index contributed by atoms with van der Waals surface area (Å²) in [7, 11) is 0. The van der Waals surface area contributed by atoms with E-state index in [9.17, 15) is 0 Å². The van der Waals surface area contributed by atoms with Gasteiger partial charge in [-0.15, -0.1) is 0 Å². The molecule has 0 N–H and O–H groups in total. The lowest BCUT2D eigenvalue weighted by Crippen LogP contribution is -2.58. The lowest BCUT2D eigenvalue weighted by molar-refractivity contribution is -0.161. The summed E-state index contributed by atoms with van der Waals surface area (Å²) in [5.41, 5.74) is 0.326. The van der Waals surface area contributed by atoms with Crippen LogP contribution in [0.15, 0.2) is 24.3 Å². The summed E-state index contributed by atoms with van der Waals surface area (Å²) in [6.45, 7) is 8.88. The van der Waals surface area contributed by atoms with Crippen molar-refractivity contribution >= 4 is 0 Å². The number of hydrogen-bond donors (Lipinski definition) is 0. The van der Waals surface area contributed by atoms with Gasteiger partial charge in [0.15, 0.2) is 0 Å². The summed E-state index contributed by atoms with van der Waals surface area (Å²) in [5, 5.41) is 0. The first kappa shape index (κ1) is 10.9. The highest BCUT2D eigenvalue weighted by Crippen LogP contribution is 2.62. The van der Waals surface area contributed by atoms with Crippen molar-refractivity contribution in [1.82, 2.24) is 0 Å². The Morgan fingerprint density at radius 3 is 2.53 bits per heavy atom. The second kappa shape index (κ2) is 3.48. The number of allylic oxidation sites excluding steroid dienone is 3. The molecule has 1 aliphatic heterocycles. The molecule has 0 amide bonds. The zero-order valence-corrected chi connectivity index (χ0v) is 10.3. The normalized spacial score (nSPS) is 43.5. The van der Waals surface area contributed by atoms with E-state index in [0.29, 0.717) is 11.5 Å². The molecule has 84 valence electrons.